The second-order valence-electron chi connectivity index (χ2n) is 7.39. The Balaban J connectivity index is 1.40. The number of hydrogen-bond donors (Lipinski definition) is 0. The van der Waals surface area contributed by atoms with E-state index in [1.54, 1.807) is 17.0 Å². The molecule has 1 saturated heterocycles. The lowest BCUT2D eigenvalue weighted by Gasteiger charge is -2.34. The van der Waals surface area contributed by atoms with Crippen LogP contribution in [0.15, 0.2) is 71.5 Å². The van der Waals surface area contributed by atoms with Crippen LogP contribution in [-0.2, 0) is 13.1 Å². The van der Waals surface area contributed by atoms with E-state index in [0.29, 0.717) is 13.1 Å². The minimum absolute atomic E-state index is 0.179. The van der Waals surface area contributed by atoms with Crippen molar-refractivity contribution in [3.05, 3.63) is 99.7 Å². The van der Waals surface area contributed by atoms with Crippen molar-refractivity contribution in [3.8, 4) is 0 Å². The Morgan fingerprint density at radius 1 is 0.833 bits per heavy atom. The molecule has 1 aliphatic rings. The van der Waals surface area contributed by atoms with E-state index in [9.17, 15) is 14.0 Å². The fraction of sp³-hybridized carbons (Fsp3) is 0.261. The Kier molecular flexibility index (Phi) is 5.99. The molecule has 0 unspecified atom stereocenters. The van der Waals surface area contributed by atoms with Crippen molar-refractivity contribution in [1.29, 1.82) is 0 Å². The molecule has 3 aromatic rings. The highest BCUT2D eigenvalue weighted by Gasteiger charge is 2.23. The highest BCUT2D eigenvalue weighted by Crippen LogP contribution is 2.11. The Labute approximate surface area is 174 Å². The molecule has 0 atom stereocenters. The molecule has 1 amide bonds. The Morgan fingerprint density at radius 2 is 1.50 bits per heavy atom. The Bertz CT molecular complexity index is 1060. The van der Waals surface area contributed by atoms with Crippen molar-refractivity contribution >= 4 is 5.91 Å². The molecule has 1 aliphatic heterocycles. The van der Waals surface area contributed by atoms with E-state index in [1.807, 2.05) is 18.2 Å². The van der Waals surface area contributed by atoms with Gasteiger partial charge >= 0.3 is 0 Å². The van der Waals surface area contributed by atoms with Crippen molar-refractivity contribution in [2.24, 2.45) is 0 Å². The van der Waals surface area contributed by atoms with Crippen LogP contribution in [0.2, 0.25) is 0 Å². The highest BCUT2D eigenvalue weighted by atomic mass is 19.1. The summed E-state index contributed by atoms with van der Waals surface area (Å²) in [5.74, 6) is -0.517. The first-order chi connectivity index (χ1) is 14.6. The molecule has 2 aromatic carbocycles. The SMILES string of the molecule is O=C(c1ccc(=O)n(Cc2ccc(F)cc2)n1)N1CCN(Cc2ccccc2)CC1. The summed E-state index contributed by atoms with van der Waals surface area (Å²) in [5.41, 5.74) is 1.94. The lowest BCUT2D eigenvalue weighted by Crippen LogP contribution is -2.48. The van der Waals surface area contributed by atoms with Crippen LogP contribution in [0.5, 0.6) is 0 Å². The lowest BCUT2D eigenvalue weighted by atomic mass is 10.2. The second kappa shape index (κ2) is 9.00. The third kappa shape index (κ3) is 4.80. The van der Waals surface area contributed by atoms with Crippen LogP contribution in [0.3, 0.4) is 0 Å². The molecule has 1 aromatic heterocycles. The zero-order chi connectivity index (χ0) is 20.9. The predicted octanol–water partition coefficient (Wildman–Crippen LogP) is 2.39. The Hall–Kier alpha value is -3.32. The van der Waals surface area contributed by atoms with E-state index in [-0.39, 0.29) is 29.5 Å². The number of amides is 1. The maximum Gasteiger partial charge on any atom is 0.274 e. The van der Waals surface area contributed by atoms with Gasteiger partial charge in [0.2, 0.25) is 0 Å². The van der Waals surface area contributed by atoms with Gasteiger partial charge in [-0.3, -0.25) is 14.5 Å². The van der Waals surface area contributed by atoms with Gasteiger partial charge in [0.25, 0.3) is 11.5 Å². The molecule has 2 heterocycles. The smallest absolute Gasteiger partial charge is 0.274 e. The summed E-state index contributed by atoms with van der Waals surface area (Å²) in [5, 5.41) is 4.26. The monoisotopic (exact) mass is 406 g/mol. The van der Waals surface area contributed by atoms with Crippen molar-refractivity contribution in [2.45, 2.75) is 13.1 Å². The van der Waals surface area contributed by atoms with Crippen molar-refractivity contribution in [2.75, 3.05) is 26.2 Å². The van der Waals surface area contributed by atoms with Gasteiger partial charge in [-0.05, 0) is 29.3 Å². The third-order valence-corrected chi connectivity index (χ3v) is 5.24. The first-order valence-corrected chi connectivity index (χ1v) is 9.97. The molecule has 0 bridgehead atoms. The average molecular weight is 406 g/mol. The molecule has 30 heavy (non-hydrogen) atoms. The largest absolute Gasteiger partial charge is 0.335 e. The standard InChI is InChI=1S/C23H23FN4O2/c24-20-8-6-19(7-9-20)17-28-22(29)11-10-21(25-28)23(30)27-14-12-26(13-15-27)16-18-4-2-1-3-5-18/h1-11H,12-17H2. The molecule has 154 valence electrons. The fourth-order valence-electron chi connectivity index (χ4n) is 3.55. The lowest BCUT2D eigenvalue weighted by molar-refractivity contribution is 0.0620. The van der Waals surface area contributed by atoms with Gasteiger partial charge in [0, 0.05) is 38.8 Å². The van der Waals surface area contributed by atoms with E-state index in [0.717, 1.165) is 25.2 Å². The summed E-state index contributed by atoms with van der Waals surface area (Å²) in [6.07, 6.45) is 0. The number of carbonyl (C=O) groups is 1. The zero-order valence-electron chi connectivity index (χ0n) is 16.6. The van der Waals surface area contributed by atoms with E-state index in [2.05, 4.69) is 22.1 Å². The summed E-state index contributed by atoms with van der Waals surface area (Å²) in [7, 11) is 0. The van der Waals surface area contributed by atoms with Crippen LogP contribution in [0.1, 0.15) is 21.6 Å². The average Bonchev–Trinajstić information content (AvgIpc) is 2.77. The number of hydrogen-bond acceptors (Lipinski definition) is 4. The normalized spacial score (nSPS) is 14.6. The summed E-state index contributed by atoms with van der Waals surface area (Å²) in [6, 6.07) is 19.0. The fourth-order valence-corrected chi connectivity index (χ4v) is 3.55. The number of piperazine rings is 1. The van der Waals surface area contributed by atoms with Crippen molar-refractivity contribution < 1.29 is 9.18 Å². The molecule has 4 rings (SSSR count). The number of aromatic nitrogens is 2. The number of carbonyl (C=O) groups excluding carboxylic acids is 1. The molecule has 0 radical (unpaired) electrons. The van der Waals surface area contributed by atoms with E-state index in [1.165, 1.54) is 34.5 Å². The third-order valence-electron chi connectivity index (χ3n) is 5.24. The van der Waals surface area contributed by atoms with E-state index >= 15 is 0 Å². The topological polar surface area (TPSA) is 58.4 Å². The summed E-state index contributed by atoms with van der Waals surface area (Å²) in [4.78, 5) is 29.2. The maximum atomic E-state index is 13.1. The first-order valence-electron chi connectivity index (χ1n) is 9.97. The minimum Gasteiger partial charge on any atom is -0.335 e. The zero-order valence-corrected chi connectivity index (χ0v) is 16.6. The van der Waals surface area contributed by atoms with Crippen LogP contribution < -0.4 is 5.56 Å². The van der Waals surface area contributed by atoms with E-state index in [4.69, 9.17) is 0 Å². The molecule has 7 heteroatoms. The summed E-state index contributed by atoms with van der Waals surface area (Å²) in [6.45, 7) is 3.86. The van der Waals surface area contributed by atoms with E-state index < -0.39 is 0 Å². The van der Waals surface area contributed by atoms with Crippen molar-refractivity contribution in [3.63, 3.8) is 0 Å². The van der Waals surface area contributed by atoms with Crippen molar-refractivity contribution in [1.82, 2.24) is 19.6 Å². The molecule has 0 N–H and O–H groups in total. The van der Waals surface area contributed by atoms with Gasteiger partial charge in [-0.15, -0.1) is 0 Å². The maximum absolute atomic E-state index is 13.1. The molecule has 0 saturated carbocycles. The molecule has 0 spiro atoms. The summed E-state index contributed by atoms with van der Waals surface area (Å²) >= 11 is 0. The van der Waals surface area contributed by atoms with Gasteiger partial charge in [0.15, 0.2) is 0 Å². The second-order valence-corrected chi connectivity index (χ2v) is 7.39. The first kappa shape index (κ1) is 20.0. The quantitative estimate of drug-likeness (QED) is 0.653. The van der Waals surface area contributed by atoms with Gasteiger partial charge in [-0.25, -0.2) is 9.07 Å². The van der Waals surface area contributed by atoms with Crippen LogP contribution in [-0.4, -0.2) is 51.7 Å². The predicted molar refractivity (Wildman–Crippen MR) is 112 cm³/mol. The number of nitrogens with zero attached hydrogens (tertiary/aromatic N) is 4. The Morgan fingerprint density at radius 3 is 2.20 bits per heavy atom. The number of rotatable bonds is 5. The van der Waals surface area contributed by atoms with Gasteiger partial charge < -0.3 is 4.90 Å². The molecular weight excluding hydrogens is 383 g/mol. The van der Waals surface area contributed by atoms with Gasteiger partial charge in [-0.1, -0.05) is 42.5 Å². The molecule has 1 fully saturated rings. The molecule has 6 nitrogen and oxygen atoms in total. The van der Waals surface area contributed by atoms with Crippen LogP contribution in [0, 0.1) is 5.82 Å². The number of benzene rings is 2. The molecular formula is C23H23FN4O2. The highest BCUT2D eigenvalue weighted by molar-refractivity contribution is 5.92. The van der Waals surface area contributed by atoms with Crippen LogP contribution in [0.4, 0.5) is 4.39 Å². The van der Waals surface area contributed by atoms with Gasteiger partial charge in [0.05, 0.1) is 6.54 Å². The van der Waals surface area contributed by atoms with Gasteiger partial charge in [0.1, 0.15) is 11.5 Å². The minimum atomic E-state index is -0.339. The number of halogens is 1. The van der Waals surface area contributed by atoms with Gasteiger partial charge in [-0.2, -0.15) is 5.10 Å². The molecule has 0 aliphatic carbocycles. The van der Waals surface area contributed by atoms with Crippen LogP contribution >= 0.6 is 0 Å². The summed E-state index contributed by atoms with van der Waals surface area (Å²) < 4.78 is 14.3. The van der Waals surface area contributed by atoms with Crippen LogP contribution in [0.25, 0.3) is 0 Å².